The second-order valence-electron chi connectivity index (χ2n) is 4.16. The molecule has 1 fully saturated rings. The molecule has 17 heavy (non-hydrogen) atoms. The largest absolute Gasteiger partial charge is 0.405 e. The average molecular weight is 253 g/mol. The van der Waals surface area contributed by atoms with Gasteiger partial charge < -0.3 is 5.32 Å². The number of nitroso groups, excluding NO2 is 1. The normalized spacial score (nSPS) is 25.5. The van der Waals surface area contributed by atoms with Gasteiger partial charge in [-0.05, 0) is 19.8 Å². The first kappa shape index (κ1) is 13.7. The predicted octanol–water partition coefficient (Wildman–Crippen LogP) is 1.45. The zero-order chi connectivity index (χ0) is 13.1. The van der Waals surface area contributed by atoms with Crippen LogP contribution in [0.15, 0.2) is 5.29 Å². The summed E-state index contributed by atoms with van der Waals surface area (Å²) in [6.07, 6.45) is -3.38. The highest BCUT2D eigenvalue weighted by Crippen LogP contribution is 2.22. The van der Waals surface area contributed by atoms with E-state index >= 15 is 0 Å². The zero-order valence-electron chi connectivity index (χ0n) is 9.33. The van der Waals surface area contributed by atoms with Gasteiger partial charge in [-0.3, -0.25) is 9.80 Å². The molecule has 1 heterocycles. The number of carbonyl (C=O) groups is 1. The molecule has 1 aliphatic rings. The Kier molecular flexibility index (Phi) is 4.30. The average Bonchev–Trinajstić information content (AvgIpc) is 2.25. The lowest BCUT2D eigenvalue weighted by atomic mass is 9.94. The maximum absolute atomic E-state index is 11.9. The van der Waals surface area contributed by atoms with E-state index in [9.17, 15) is 22.9 Å². The number of carbonyl (C=O) groups excluding carboxylic acids is 1. The first-order valence-corrected chi connectivity index (χ1v) is 5.28. The molecule has 0 aromatic rings. The van der Waals surface area contributed by atoms with E-state index in [2.05, 4.69) is 5.29 Å². The van der Waals surface area contributed by atoms with E-state index in [-0.39, 0.29) is 12.6 Å². The molecule has 0 spiro atoms. The number of amides is 1. The molecule has 0 aromatic carbocycles. The first-order valence-electron chi connectivity index (χ1n) is 5.28. The summed E-state index contributed by atoms with van der Waals surface area (Å²) in [5, 5.41) is 5.76. The second-order valence-corrected chi connectivity index (χ2v) is 4.16. The smallest absolute Gasteiger partial charge is 0.347 e. The minimum Gasteiger partial charge on any atom is -0.347 e. The second kappa shape index (κ2) is 5.33. The van der Waals surface area contributed by atoms with Crippen molar-refractivity contribution < 1.29 is 18.0 Å². The Morgan fingerprint density at radius 1 is 1.47 bits per heavy atom. The standard InChI is InChI=1S/C9H14F3N3O2/c1-6-2-3-7(4-15(6)14-17)8(16)13-5-9(10,11)12/h6-7H,2-5H2,1H3,(H,13,16). The van der Waals surface area contributed by atoms with Gasteiger partial charge in [0.25, 0.3) is 0 Å². The lowest BCUT2D eigenvalue weighted by molar-refractivity contribution is -0.142. The van der Waals surface area contributed by atoms with Crippen LogP contribution in [0.5, 0.6) is 0 Å². The molecule has 0 bridgehead atoms. The van der Waals surface area contributed by atoms with E-state index < -0.39 is 24.5 Å². The highest BCUT2D eigenvalue weighted by atomic mass is 19.4. The van der Waals surface area contributed by atoms with Crippen LogP contribution >= 0.6 is 0 Å². The molecule has 0 aliphatic carbocycles. The number of nitrogens with one attached hydrogen (secondary N) is 1. The van der Waals surface area contributed by atoms with Crippen molar-refractivity contribution in [2.45, 2.75) is 32.0 Å². The van der Waals surface area contributed by atoms with Crippen LogP contribution in [0.1, 0.15) is 19.8 Å². The third-order valence-electron chi connectivity index (χ3n) is 2.79. The summed E-state index contributed by atoms with van der Waals surface area (Å²) in [5.74, 6) is -1.28. The van der Waals surface area contributed by atoms with Crippen LogP contribution in [0.25, 0.3) is 0 Å². The summed E-state index contributed by atoms with van der Waals surface area (Å²) in [4.78, 5) is 21.9. The van der Waals surface area contributed by atoms with Crippen molar-refractivity contribution in [3.63, 3.8) is 0 Å². The van der Waals surface area contributed by atoms with Gasteiger partial charge in [0.05, 0.1) is 17.7 Å². The van der Waals surface area contributed by atoms with Gasteiger partial charge in [-0.25, -0.2) is 0 Å². The molecule has 98 valence electrons. The number of rotatable bonds is 3. The molecule has 2 atom stereocenters. The molecule has 1 saturated heterocycles. The van der Waals surface area contributed by atoms with E-state index in [1.165, 1.54) is 5.01 Å². The maximum atomic E-state index is 11.9. The molecule has 0 saturated carbocycles. The van der Waals surface area contributed by atoms with Crippen LogP contribution in [0.4, 0.5) is 13.2 Å². The number of piperidine rings is 1. The van der Waals surface area contributed by atoms with Gasteiger partial charge in [-0.15, -0.1) is 4.91 Å². The quantitative estimate of drug-likeness (QED) is 0.774. The van der Waals surface area contributed by atoms with Crippen LogP contribution in [0.3, 0.4) is 0 Å². The number of alkyl halides is 3. The van der Waals surface area contributed by atoms with Crippen LogP contribution < -0.4 is 5.32 Å². The molecule has 8 heteroatoms. The molecule has 2 unspecified atom stereocenters. The number of hydrogen-bond acceptors (Lipinski definition) is 3. The van der Waals surface area contributed by atoms with Gasteiger partial charge in [0.1, 0.15) is 6.54 Å². The molecule has 1 amide bonds. The van der Waals surface area contributed by atoms with Crippen molar-refractivity contribution in [1.82, 2.24) is 10.3 Å². The minimum absolute atomic E-state index is 0.0702. The summed E-state index contributed by atoms with van der Waals surface area (Å²) in [5.41, 5.74) is 0. The van der Waals surface area contributed by atoms with Crippen molar-refractivity contribution in [2.75, 3.05) is 13.1 Å². The number of hydrogen-bond donors (Lipinski definition) is 1. The fourth-order valence-electron chi connectivity index (χ4n) is 1.75. The van der Waals surface area contributed by atoms with E-state index in [1.54, 1.807) is 6.92 Å². The first-order chi connectivity index (χ1) is 7.83. The Labute approximate surface area is 96.3 Å². The fraction of sp³-hybridized carbons (Fsp3) is 0.889. The van der Waals surface area contributed by atoms with Gasteiger partial charge in [0.15, 0.2) is 0 Å². The molecular weight excluding hydrogens is 239 g/mol. The van der Waals surface area contributed by atoms with Crippen molar-refractivity contribution in [1.29, 1.82) is 0 Å². The van der Waals surface area contributed by atoms with Crippen LogP contribution in [-0.2, 0) is 4.79 Å². The van der Waals surface area contributed by atoms with Gasteiger partial charge >= 0.3 is 6.18 Å². The highest BCUT2D eigenvalue weighted by molar-refractivity contribution is 5.79. The van der Waals surface area contributed by atoms with Crippen molar-refractivity contribution in [2.24, 2.45) is 11.2 Å². The van der Waals surface area contributed by atoms with Crippen molar-refractivity contribution >= 4 is 5.91 Å². The molecule has 0 aromatic heterocycles. The van der Waals surface area contributed by atoms with Crippen LogP contribution in [0.2, 0.25) is 0 Å². The molecule has 1 N–H and O–H groups in total. The molecule has 1 rings (SSSR count). The highest BCUT2D eigenvalue weighted by Gasteiger charge is 2.33. The summed E-state index contributed by atoms with van der Waals surface area (Å²) in [6, 6.07) is -0.0702. The third-order valence-corrected chi connectivity index (χ3v) is 2.79. The zero-order valence-corrected chi connectivity index (χ0v) is 9.33. The monoisotopic (exact) mass is 253 g/mol. The number of nitrogens with zero attached hydrogens (tertiary/aromatic N) is 2. The van der Waals surface area contributed by atoms with E-state index in [0.717, 1.165) is 0 Å². The van der Waals surface area contributed by atoms with Gasteiger partial charge in [0.2, 0.25) is 5.91 Å². The minimum atomic E-state index is -4.42. The third kappa shape index (κ3) is 4.20. The van der Waals surface area contributed by atoms with E-state index in [1.807, 2.05) is 5.32 Å². The Morgan fingerprint density at radius 2 is 2.12 bits per heavy atom. The topological polar surface area (TPSA) is 61.8 Å². The predicted molar refractivity (Wildman–Crippen MR) is 53.8 cm³/mol. The van der Waals surface area contributed by atoms with Gasteiger partial charge in [0, 0.05) is 6.04 Å². The SMILES string of the molecule is CC1CCC(C(=O)NCC(F)(F)F)CN1N=O. The number of halogens is 3. The fourth-order valence-corrected chi connectivity index (χ4v) is 1.75. The Morgan fingerprint density at radius 3 is 2.65 bits per heavy atom. The maximum Gasteiger partial charge on any atom is 0.405 e. The van der Waals surface area contributed by atoms with Crippen molar-refractivity contribution in [3.8, 4) is 0 Å². The Balaban J connectivity index is 2.45. The van der Waals surface area contributed by atoms with E-state index in [0.29, 0.717) is 12.8 Å². The van der Waals surface area contributed by atoms with Crippen LogP contribution in [0, 0.1) is 10.8 Å². The summed E-state index contributed by atoms with van der Waals surface area (Å²) < 4.78 is 35.7. The van der Waals surface area contributed by atoms with Gasteiger partial charge in [-0.2, -0.15) is 13.2 Å². The van der Waals surface area contributed by atoms with E-state index in [4.69, 9.17) is 0 Å². The lowest BCUT2D eigenvalue weighted by Crippen LogP contribution is -2.46. The van der Waals surface area contributed by atoms with Crippen LogP contribution in [-0.4, -0.2) is 36.2 Å². The molecular formula is C9H14F3N3O2. The Hall–Kier alpha value is -1.34. The Bertz CT molecular complexity index is 296. The molecule has 0 radical (unpaired) electrons. The van der Waals surface area contributed by atoms with Gasteiger partial charge in [-0.1, -0.05) is 0 Å². The summed E-state index contributed by atoms with van der Waals surface area (Å²) in [6.45, 7) is 0.520. The van der Waals surface area contributed by atoms with Crippen molar-refractivity contribution in [3.05, 3.63) is 4.91 Å². The molecule has 1 aliphatic heterocycles. The lowest BCUT2D eigenvalue weighted by Gasteiger charge is -2.32. The molecule has 5 nitrogen and oxygen atoms in total. The summed E-state index contributed by atoms with van der Waals surface area (Å²) in [7, 11) is 0. The summed E-state index contributed by atoms with van der Waals surface area (Å²) >= 11 is 0.